The molecule has 0 aromatic carbocycles. The van der Waals surface area contributed by atoms with Gasteiger partial charge in [-0.2, -0.15) is 0 Å². The quantitative estimate of drug-likeness (QED) is 0.368. The molecule has 1 heterocycles. The zero-order chi connectivity index (χ0) is 5.82. The monoisotopic (exact) mass is 137 g/mol. The molecule has 0 aliphatic carbocycles. The maximum Gasteiger partial charge on any atom is 1.00 e. The van der Waals surface area contributed by atoms with Crippen molar-refractivity contribution in [3.05, 3.63) is 0 Å². The number of likely N-dealkylation sites (tertiary alicyclic amines) is 1. The van der Waals surface area contributed by atoms with Crippen LogP contribution in [0.1, 0.15) is 12.8 Å². The molecular formula is C6H12NNaO. The molecule has 0 radical (unpaired) electrons. The van der Waals surface area contributed by atoms with Gasteiger partial charge in [0.2, 0.25) is 0 Å². The zero-order valence-electron chi connectivity index (χ0n) is 6.10. The van der Waals surface area contributed by atoms with E-state index in [-0.39, 0.29) is 36.2 Å². The average Bonchev–Trinajstić information content (AvgIpc) is 2.19. The van der Waals surface area contributed by atoms with Crippen LogP contribution >= 0.6 is 0 Å². The van der Waals surface area contributed by atoms with Crippen molar-refractivity contribution >= 4 is 0 Å². The molecule has 1 saturated heterocycles. The Hall–Kier alpha value is 0.920. The van der Waals surface area contributed by atoms with E-state index in [9.17, 15) is 5.11 Å². The Morgan fingerprint density at radius 3 is 2.22 bits per heavy atom. The molecular weight excluding hydrogens is 125 g/mol. The minimum absolute atomic E-state index is 0. The number of nitrogens with zero attached hydrogens (tertiary/aromatic N) is 1. The Morgan fingerprint density at radius 2 is 1.78 bits per heavy atom. The predicted molar refractivity (Wildman–Crippen MR) is 30.5 cm³/mol. The minimum Gasteiger partial charge on any atom is -0.854 e. The van der Waals surface area contributed by atoms with E-state index >= 15 is 0 Å². The summed E-state index contributed by atoms with van der Waals surface area (Å²) in [7, 11) is 0. The van der Waals surface area contributed by atoms with Crippen LogP contribution < -0.4 is 34.7 Å². The van der Waals surface area contributed by atoms with E-state index in [0.717, 1.165) is 19.6 Å². The van der Waals surface area contributed by atoms with Crippen molar-refractivity contribution in [3.63, 3.8) is 0 Å². The van der Waals surface area contributed by atoms with Gasteiger partial charge in [0.15, 0.2) is 0 Å². The molecule has 0 aromatic rings. The van der Waals surface area contributed by atoms with E-state index in [4.69, 9.17) is 0 Å². The van der Waals surface area contributed by atoms with Crippen LogP contribution in [0, 0.1) is 0 Å². The van der Waals surface area contributed by atoms with Crippen LogP contribution in [0.25, 0.3) is 0 Å². The van der Waals surface area contributed by atoms with Gasteiger partial charge in [0, 0.05) is 0 Å². The molecule has 0 saturated carbocycles. The van der Waals surface area contributed by atoms with Gasteiger partial charge in [-0.05, 0) is 32.5 Å². The van der Waals surface area contributed by atoms with Crippen molar-refractivity contribution in [2.75, 3.05) is 26.2 Å². The van der Waals surface area contributed by atoms with Crippen molar-refractivity contribution in [2.24, 2.45) is 0 Å². The van der Waals surface area contributed by atoms with E-state index in [1.165, 1.54) is 12.8 Å². The van der Waals surface area contributed by atoms with Gasteiger partial charge in [0.1, 0.15) is 0 Å². The fourth-order valence-electron chi connectivity index (χ4n) is 1.14. The summed E-state index contributed by atoms with van der Waals surface area (Å²) in [6.45, 7) is 3.14. The Labute approximate surface area is 78.5 Å². The molecule has 0 amide bonds. The first-order valence-electron chi connectivity index (χ1n) is 3.24. The van der Waals surface area contributed by atoms with Gasteiger partial charge in [-0.15, -0.1) is 6.61 Å². The van der Waals surface area contributed by atoms with Crippen LogP contribution in [0.4, 0.5) is 0 Å². The molecule has 1 aliphatic rings. The third-order valence-electron chi connectivity index (χ3n) is 1.61. The summed E-state index contributed by atoms with van der Waals surface area (Å²) < 4.78 is 0. The molecule has 0 atom stereocenters. The molecule has 3 heteroatoms. The van der Waals surface area contributed by atoms with Gasteiger partial charge in [0.05, 0.1) is 0 Å². The second-order valence-electron chi connectivity index (χ2n) is 2.25. The van der Waals surface area contributed by atoms with Crippen LogP contribution in [0.15, 0.2) is 0 Å². The van der Waals surface area contributed by atoms with Crippen molar-refractivity contribution < 1.29 is 34.7 Å². The molecule has 48 valence electrons. The standard InChI is InChI=1S/C6H12NO.Na/c8-6-5-7-3-1-2-4-7;/h1-6H2;/q-1;+1. The third-order valence-corrected chi connectivity index (χ3v) is 1.61. The molecule has 1 rings (SSSR count). The van der Waals surface area contributed by atoms with Crippen molar-refractivity contribution in [3.8, 4) is 0 Å². The molecule has 0 N–H and O–H groups in total. The summed E-state index contributed by atoms with van der Waals surface area (Å²) in [4.78, 5) is 2.23. The fourth-order valence-corrected chi connectivity index (χ4v) is 1.14. The predicted octanol–water partition coefficient (Wildman–Crippen LogP) is -3.55. The van der Waals surface area contributed by atoms with E-state index < -0.39 is 0 Å². The first kappa shape index (κ1) is 9.92. The Balaban J connectivity index is 0.000000640. The van der Waals surface area contributed by atoms with Gasteiger partial charge in [-0.1, -0.05) is 0 Å². The van der Waals surface area contributed by atoms with Crippen molar-refractivity contribution in [1.82, 2.24) is 4.90 Å². The van der Waals surface area contributed by atoms with Gasteiger partial charge in [-0.3, -0.25) is 0 Å². The second kappa shape index (κ2) is 5.69. The largest absolute Gasteiger partial charge is 1.00 e. The summed E-state index contributed by atoms with van der Waals surface area (Å²) in [5.41, 5.74) is 0. The molecule has 9 heavy (non-hydrogen) atoms. The summed E-state index contributed by atoms with van der Waals surface area (Å²) >= 11 is 0. The van der Waals surface area contributed by atoms with Crippen molar-refractivity contribution in [1.29, 1.82) is 0 Å². The van der Waals surface area contributed by atoms with E-state index in [1.54, 1.807) is 0 Å². The van der Waals surface area contributed by atoms with Gasteiger partial charge < -0.3 is 10.0 Å². The van der Waals surface area contributed by atoms with Crippen LogP contribution in [0.3, 0.4) is 0 Å². The third kappa shape index (κ3) is 3.58. The average molecular weight is 137 g/mol. The van der Waals surface area contributed by atoms with Gasteiger partial charge in [0.25, 0.3) is 0 Å². The number of rotatable bonds is 2. The van der Waals surface area contributed by atoms with Crippen LogP contribution in [-0.2, 0) is 0 Å². The maximum absolute atomic E-state index is 10.0. The Morgan fingerprint density at radius 1 is 1.22 bits per heavy atom. The Kier molecular flexibility index (Phi) is 6.27. The van der Waals surface area contributed by atoms with Crippen molar-refractivity contribution in [2.45, 2.75) is 12.8 Å². The smallest absolute Gasteiger partial charge is 0.854 e. The fraction of sp³-hybridized carbons (Fsp3) is 1.00. The van der Waals surface area contributed by atoms with Crippen LogP contribution in [0.2, 0.25) is 0 Å². The zero-order valence-corrected chi connectivity index (χ0v) is 8.10. The minimum atomic E-state index is 0. The van der Waals surface area contributed by atoms with Crippen LogP contribution in [-0.4, -0.2) is 31.1 Å². The first-order valence-corrected chi connectivity index (χ1v) is 3.24. The van der Waals surface area contributed by atoms with E-state index in [1.807, 2.05) is 0 Å². The first-order chi connectivity index (χ1) is 3.93. The summed E-state index contributed by atoms with van der Waals surface area (Å²) in [5, 5.41) is 10.0. The Bertz CT molecular complexity index is 64.1. The van der Waals surface area contributed by atoms with E-state index in [2.05, 4.69) is 4.90 Å². The summed E-state index contributed by atoms with van der Waals surface area (Å²) in [6.07, 6.45) is 2.58. The molecule has 0 bridgehead atoms. The molecule has 1 aliphatic heterocycles. The summed E-state index contributed by atoms with van der Waals surface area (Å²) in [5.74, 6) is 0. The molecule has 2 nitrogen and oxygen atoms in total. The van der Waals surface area contributed by atoms with Crippen LogP contribution in [0.5, 0.6) is 0 Å². The molecule has 1 fully saturated rings. The number of hydrogen-bond donors (Lipinski definition) is 0. The number of hydrogen-bond acceptors (Lipinski definition) is 2. The molecule has 0 spiro atoms. The normalized spacial score (nSPS) is 19.7. The summed E-state index contributed by atoms with van der Waals surface area (Å²) in [6, 6.07) is 0. The van der Waals surface area contributed by atoms with Gasteiger partial charge in [-0.25, -0.2) is 0 Å². The molecule has 0 unspecified atom stereocenters. The second-order valence-corrected chi connectivity index (χ2v) is 2.25. The topological polar surface area (TPSA) is 26.3 Å². The molecule has 0 aromatic heterocycles. The van der Waals surface area contributed by atoms with Gasteiger partial charge >= 0.3 is 29.6 Å². The van der Waals surface area contributed by atoms with E-state index in [0.29, 0.717) is 0 Å². The SMILES string of the molecule is [Na+].[O-]CCN1CCCC1. The maximum atomic E-state index is 10.0.